The van der Waals surface area contributed by atoms with Crippen LogP contribution < -0.4 is 0 Å². The highest BCUT2D eigenvalue weighted by Gasteiger charge is 2.27. The number of fused-ring (bicyclic) bond motifs is 2. The van der Waals surface area contributed by atoms with Gasteiger partial charge < -0.3 is 0 Å². The van der Waals surface area contributed by atoms with E-state index >= 15 is 0 Å². The molecule has 0 fully saturated rings. The predicted molar refractivity (Wildman–Crippen MR) is 102 cm³/mol. The maximum atomic E-state index is 2.45. The van der Waals surface area contributed by atoms with Crippen LogP contribution in [0.25, 0.3) is 12.2 Å². The van der Waals surface area contributed by atoms with Gasteiger partial charge in [0.1, 0.15) is 0 Å². The molecule has 116 valence electrons. The zero-order valence-electron chi connectivity index (χ0n) is 13.6. The molecule has 0 aromatic heterocycles. The monoisotopic (exact) mass is 308 g/mol. The van der Waals surface area contributed by atoms with Gasteiger partial charge in [-0.05, 0) is 40.2 Å². The maximum Gasteiger partial charge on any atom is 0.0275 e. The minimum atomic E-state index is 0.435. The Morgan fingerprint density at radius 2 is 1.38 bits per heavy atom. The molecule has 0 spiro atoms. The minimum absolute atomic E-state index is 0.435. The number of benzene rings is 2. The Labute approximate surface area is 143 Å². The van der Waals surface area contributed by atoms with Crippen molar-refractivity contribution in [1.29, 1.82) is 0 Å². The Morgan fingerprint density at radius 1 is 0.667 bits per heavy atom. The lowest BCUT2D eigenvalue weighted by Crippen LogP contribution is -2.10. The second kappa shape index (κ2) is 5.49. The normalized spacial score (nSPS) is 26.3. The molecule has 24 heavy (non-hydrogen) atoms. The average molecular weight is 308 g/mol. The van der Waals surface area contributed by atoms with Crippen LogP contribution in [0.2, 0.25) is 0 Å². The maximum absolute atomic E-state index is 2.45. The molecule has 3 aliphatic rings. The van der Waals surface area contributed by atoms with E-state index in [0.717, 1.165) is 6.42 Å². The van der Waals surface area contributed by atoms with E-state index in [4.69, 9.17) is 0 Å². The molecule has 0 amide bonds. The van der Waals surface area contributed by atoms with Crippen LogP contribution in [-0.2, 0) is 0 Å². The molecule has 2 aromatic rings. The van der Waals surface area contributed by atoms with Crippen LogP contribution >= 0.6 is 0 Å². The van der Waals surface area contributed by atoms with Crippen LogP contribution in [0.4, 0.5) is 0 Å². The van der Waals surface area contributed by atoms with Crippen LogP contribution in [0.1, 0.15) is 40.5 Å². The molecule has 0 heterocycles. The molecule has 0 N–H and O–H groups in total. The summed E-state index contributed by atoms with van der Waals surface area (Å²) in [5.74, 6) is 1.54. The Balaban J connectivity index is 1.38. The van der Waals surface area contributed by atoms with Gasteiger partial charge in [-0.25, -0.2) is 0 Å². The van der Waals surface area contributed by atoms with Gasteiger partial charge in [0.25, 0.3) is 0 Å². The summed E-state index contributed by atoms with van der Waals surface area (Å²) >= 11 is 0. The van der Waals surface area contributed by atoms with Crippen molar-refractivity contribution in [3.05, 3.63) is 107 Å². The van der Waals surface area contributed by atoms with Crippen molar-refractivity contribution < 1.29 is 0 Å². The summed E-state index contributed by atoms with van der Waals surface area (Å²) in [6.07, 6.45) is 17.6. The van der Waals surface area contributed by atoms with Crippen LogP contribution in [0.5, 0.6) is 0 Å². The fraction of sp³-hybridized carbons (Fsp3) is 0.167. The zero-order valence-corrected chi connectivity index (χ0v) is 13.6. The highest BCUT2D eigenvalue weighted by Crippen LogP contribution is 2.42. The van der Waals surface area contributed by atoms with Crippen LogP contribution in [0.15, 0.2) is 84.5 Å². The van der Waals surface area contributed by atoms with Gasteiger partial charge in [0, 0.05) is 11.8 Å². The van der Waals surface area contributed by atoms with E-state index in [1.807, 2.05) is 0 Å². The third-order valence-corrected chi connectivity index (χ3v) is 5.62. The van der Waals surface area contributed by atoms with Gasteiger partial charge >= 0.3 is 0 Å². The molecule has 3 unspecified atom stereocenters. The molecule has 0 nitrogen and oxygen atoms in total. The quantitative estimate of drug-likeness (QED) is 0.628. The first kappa shape index (κ1) is 13.8. The first-order chi connectivity index (χ1) is 11.9. The summed E-state index contributed by atoms with van der Waals surface area (Å²) < 4.78 is 0. The summed E-state index contributed by atoms with van der Waals surface area (Å²) in [5, 5.41) is 0. The summed E-state index contributed by atoms with van der Waals surface area (Å²) in [5.41, 5.74) is 7.13. The van der Waals surface area contributed by atoms with E-state index in [2.05, 4.69) is 91.1 Å². The van der Waals surface area contributed by atoms with Crippen molar-refractivity contribution in [1.82, 2.24) is 0 Å². The molecular weight excluding hydrogens is 288 g/mol. The first-order valence-electron chi connectivity index (χ1n) is 8.83. The third-order valence-electron chi connectivity index (χ3n) is 5.62. The van der Waals surface area contributed by atoms with Crippen molar-refractivity contribution in [3.63, 3.8) is 0 Å². The van der Waals surface area contributed by atoms with E-state index < -0.39 is 0 Å². The fourth-order valence-electron chi connectivity index (χ4n) is 4.34. The van der Waals surface area contributed by atoms with E-state index in [0.29, 0.717) is 17.8 Å². The average Bonchev–Trinajstić information content (AvgIpc) is 3.26. The molecule has 5 rings (SSSR count). The van der Waals surface area contributed by atoms with Crippen molar-refractivity contribution in [2.45, 2.75) is 18.3 Å². The molecule has 0 heteroatoms. The van der Waals surface area contributed by atoms with Gasteiger partial charge in [-0.1, -0.05) is 91.1 Å². The van der Waals surface area contributed by atoms with Crippen molar-refractivity contribution in [2.75, 3.05) is 0 Å². The van der Waals surface area contributed by atoms with Crippen molar-refractivity contribution in [2.24, 2.45) is 5.92 Å². The summed E-state index contributed by atoms with van der Waals surface area (Å²) in [6, 6.07) is 17.5. The number of rotatable bonds is 2. The van der Waals surface area contributed by atoms with Crippen LogP contribution in [-0.4, -0.2) is 0 Å². The zero-order chi connectivity index (χ0) is 15.9. The molecule has 0 saturated heterocycles. The van der Waals surface area contributed by atoms with Gasteiger partial charge in [-0.15, -0.1) is 0 Å². The lowest BCUT2D eigenvalue weighted by molar-refractivity contribution is 0.588. The standard InChI is InChI=1S/C24H20/c1-3-7-21-17(5-1)13-15-23(21)19-9-11-20(12-10-19)24-16-14-18-6-2-4-8-22(18)24/h1-11,13-16,20,23-24H,12H2. The van der Waals surface area contributed by atoms with Crippen LogP contribution in [0, 0.1) is 5.92 Å². The lowest BCUT2D eigenvalue weighted by atomic mass is 9.80. The van der Waals surface area contributed by atoms with E-state index in [9.17, 15) is 0 Å². The number of hydrogen-bond donors (Lipinski definition) is 0. The van der Waals surface area contributed by atoms with E-state index in [1.165, 1.54) is 27.8 Å². The van der Waals surface area contributed by atoms with Gasteiger partial charge in [0.05, 0.1) is 0 Å². The van der Waals surface area contributed by atoms with Gasteiger partial charge in [-0.2, -0.15) is 0 Å². The summed E-state index contributed by atoms with van der Waals surface area (Å²) in [4.78, 5) is 0. The molecule has 0 aliphatic heterocycles. The predicted octanol–water partition coefficient (Wildman–Crippen LogP) is 6.11. The highest BCUT2D eigenvalue weighted by atomic mass is 14.3. The number of hydrogen-bond acceptors (Lipinski definition) is 0. The topological polar surface area (TPSA) is 0 Å². The van der Waals surface area contributed by atoms with E-state index in [-0.39, 0.29) is 0 Å². The van der Waals surface area contributed by atoms with Gasteiger partial charge in [-0.3, -0.25) is 0 Å². The fourth-order valence-corrected chi connectivity index (χ4v) is 4.34. The van der Waals surface area contributed by atoms with E-state index in [1.54, 1.807) is 0 Å². The lowest BCUT2D eigenvalue weighted by Gasteiger charge is -2.24. The molecule has 2 aromatic carbocycles. The van der Waals surface area contributed by atoms with Crippen molar-refractivity contribution >= 4 is 12.2 Å². The Kier molecular flexibility index (Phi) is 3.16. The third kappa shape index (κ3) is 2.14. The Hall–Kier alpha value is -2.60. The summed E-state index contributed by atoms with van der Waals surface area (Å²) in [6.45, 7) is 0. The van der Waals surface area contributed by atoms with Crippen molar-refractivity contribution in [3.8, 4) is 0 Å². The highest BCUT2D eigenvalue weighted by molar-refractivity contribution is 5.66. The smallest absolute Gasteiger partial charge is 0.0275 e. The molecule has 3 aliphatic carbocycles. The Bertz CT molecular complexity index is 907. The second-order valence-corrected chi connectivity index (χ2v) is 6.94. The first-order valence-corrected chi connectivity index (χ1v) is 8.83. The van der Waals surface area contributed by atoms with Gasteiger partial charge in [0.15, 0.2) is 0 Å². The molecule has 0 bridgehead atoms. The summed E-state index contributed by atoms with van der Waals surface area (Å²) in [7, 11) is 0. The SMILES string of the molecule is C1=CC(C2C=Cc3ccccc32)CC=C1C1C=Cc2ccccc21. The largest absolute Gasteiger partial charge is 0.0799 e. The van der Waals surface area contributed by atoms with Gasteiger partial charge in [0.2, 0.25) is 0 Å². The second-order valence-electron chi connectivity index (χ2n) is 6.94. The van der Waals surface area contributed by atoms with Crippen LogP contribution in [0.3, 0.4) is 0 Å². The minimum Gasteiger partial charge on any atom is -0.0799 e. The number of allylic oxidation sites excluding steroid dienone is 6. The molecule has 0 saturated carbocycles. The molecule has 3 atom stereocenters. The Morgan fingerprint density at radius 3 is 2.17 bits per heavy atom. The molecule has 0 radical (unpaired) electrons. The molecular formula is C24H20.